The number of ether oxygens (including phenoxy) is 1. The molecule has 0 radical (unpaired) electrons. The Kier molecular flexibility index (Phi) is 8.85. The van der Waals surface area contributed by atoms with Crippen LogP contribution in [0.25, 0.3) is 22.0 Å². The van der Waals surface area contributed by atoms with Crippen molar-refractivity contribution in [2.45, 2.75) is 52.0 Å². The van der Waals surface area contributed by atoms with Gasteiger partial charge in [-0.25, -0.2) is 21.2 Å². The fourth-order valence-electron chi connectivity index (χ4n) is 7.29. The molecular weight excluding hydrogens is 616 g/mol. The summed E-state index contributed by atoms with van der Waals surface area (Å²) < 4.78 is 63.6. The van der Waals surface area contributed by atoms with Crippen molar-refractivity contribution in [2.75, 3.05) is 50.5 Å². The number of primary amides is 1. The van der Waals surface area contributed by atoms with E-state index >= 15 is 4.39 Å². The van der Waals surface area contributed by atoms with E-state index in [0.717, 1.165) is 19.6 Å². The molecule has 46 heavy (non-hydrogen) atoms. The maximum atomic E-state index is 15.7. The normalized spacial score (nSPS) is 22.7. The lowest BCUT2D eigenvalue weighted by Gasteiger charge is -2.32. The van der Waals surface area contributed by atoms with Gasteiger partial charge in [-0.3, -0.25) is 14.5 Å². The SMILES string of the molecule is CC1(C)Cc2c(-c3cc(F)c(C(N)=O)c(N[C@H]4CC[C@H](C(=O)NCCN5CCOCC5)CC4)c3)c3ccc(F)cc3n2S(=O)(=O)C1. The molecule has 0 spiro atoms. The number of carbonyl (C=O) groups is 2. The number of nitrogens with two attached hydrogens (primary N) is 1. The van der Waals surface area contributed by atoms with Crippen molar-refractivity contribution in [1.29, 1.82) is 0 Å². The summed E-state index contributed by atoms with van der Waals surface area (Å²) in [5, 5.41) is 6.83. The second-order valence-corrected chi connectivity index (χ2v) is 15.3. The van der Waals surface area contributed by atoms with Crippen molar-refractivity contribution in [2.24, 2.45) is 17.1 Å². The lowest BCUT2D eigenvalue weighted by molar-refractivity contribution is -0.126. The van der Waals surface area contributed by atoms with E-state index in [-0.39, 0.29) is 40.4 Å². The van der Waals surface area contributed by atoms with Crippen LogP contribution in [0.4, 0.5) is 14.5 Å². The number of nitrogens with one attached hydrogen (secondary N) is 2. The highest BCUT2D eigenvalue weighted by atomic mass is 32.2. The van der Waals surface area contributed by atoms with E-state index in [4.69, 9.17) is 10.5 Å². The molecule has 2 amide bonds. The molecule has 0 atom stereocenters. The van der Waals surface area contributed by atoms with Crippen LogP contribution < -0.4 is 16.4 Å². The molecule has 1 aromatic heterocycles. The minimum Gasteiger partial charge on any atom is -0.382 e. The Bertz CT molecular complexity index is 1780. The molecule has 6 rings (SSSR count). The van der Waals surface area contributed by atoms with Gasteiger partial charge in [-0.05, 0) is 73.4 Å². The van der Waals surface area contributed by atoms with Crippen LogP contribution in [0, 0.1) is 23.0 Å². The van der Waals surface area contributed by atoms with Crippen LogP contribution in [-0.4, -0.2) is 80.3 Å². The molecule has 4 N–H and O–H groups in total. The van der Waals surface area contributed by atoms with Gasteiger partial charge in [-0.2, -0.15) is 0 Å². The summed E-state index contributed by atoms with van der Waals surface area (Å²) in [6.45, 7) is 8.19. The molecule has 3 heterocycles. The monoisotopic (exact) mass is 657 g/mol. The van der Waals surface area contributed by atoms with Crippen molar-refractivity contribution in [1.82, 2.24) is 14.2 Å². The number of benzene rings is 2. The van der Waals surface area contributed by atoms with E-state index in [1.54, 1.807) is 6.07 Å². The predicted molar refractivity (Wildman–Crippen MR) is 172 cm³/mol. The highest BCUT2D eigenvalue weighted by molar-refractivity contribution is 7.90. The number of anilines is 1. The first kappa shape index (κ1) is 32.4. The summed E-state index contributed by atoms with van der Waals surface area (Å²) in [4.78, 5) is 27.6. The maximum absolute atomic E-state index is 15.7. The molecule has 2 aromatic carbocycles. The number of hydrogen-bond acceptors (Lipinski definition) is 7. The Morgan fingerprint density at radius 2 is 1.78 bits per heavy atom. The third-order valence-electron chi connectivity index (χ3n) is 9.39. The third kappa shape index (κ3) is 6.50. The Labute approximate surface area is 267 Å². The van der Waals surface area contributed by atoms with Gasteiger partial charge in [0.1, 0.15) is 11.6 Å². The highest BCUT2D eigenvalue weighted by Gasteiger charge is 2.39. The van der Waals surface area contributed by atoms with Crippen LogP contribution in [0.15, 0.2) is 30.3 Å². The number of morpholine rings is 1. The van der Waals surface area contributed by atoms with Crippen molar-refractivity contribution >= 4 is 38.4 Å². The average molecular weight is 658 g/mol. The summed E-state index contributed by atoms with van der Waals surface area (Å²) in [7, 11) is -3.84. The Morgan fingerprint density at radius 3 is 2.48 bits per heavy atom. The zero-order valence-electron chi connectivity index (χ0n) is 26.2. The number of hydrogen-bond donors (Lipinski definition) is 3. The zero-order chi connectivity index (χ0) is 32.8. The van der Waals surface area contributed by atoms with Gasteiger partial charge in [0.2, 0.25) is 15.9 Å². The van der Waals surface area contributed by atoms with Crippen molar-refractivity contribution in [3.05, 3.63) is 53.2 Å². The summed E-state index contributed by atoms with van der Waals surface area (Å²) in [6.07, 6.45) is 2.87. The first-order valence-corrected chi connectivity index (χ1v) is 17.5. The van der Waals surface area contributed by atoms with Crippen molar-refractivity contribution in [3.8, 4) is 11.1 Å². The van der Waals surface area contributed by atoms with Crippen molar-refractivity contribution in [3.63, 3.8) is 0 Å². The first-order chi connectivity index (χ1) is 21.8. The molecule has 1 saturated heterocycles. The van der Waals surface area contributed by atoms with E-state index in [1.807, 2.05) is 13.8 Å². The van der Waals surface area contributed by atoms with Gasteiger partial charge >= 0.3 is 0 Å². The molecule has 1 aliphatic carbocycles. The summed E-state index contributed by atoms with van der Waals surface area (Å²) in [5.41, 5.74) is 6.39. The van der Waals surface area contributed by atoms with E-state index in [9.17, 15) is 22.4 Å². The van der Waals surface area contributed by atoms with Gasteiger partial charge in [0.15, 0.2) is 0 Å². The van der Waals surface area contributed by atoms with Crippen LogP contribution >= 0.6 is 0 Å². The van der Waals surface area contributed by atoms with E-state index in [1.165, 1.54) is 28.2 Å². The zero-order valence-corrected chi connectivity index (χ0v) is 27.0. The van der Waals surface area contributed by atoms with Crippen LogP contribution in [0.5, 0.6) is 0 Å². The molecule has 2 fully saturated rings. The van der Waals surface area contributed by atoms with Gasteiger partial charge in [0.05, 0.1) is 35.7 Å². The fourth-order valence-corrected chi connectivity index (χ4v) is 9.45. The quantitative estimate of drug-likeness (QED) is 0.335. The number of nitrogens with zero attached hydrogens (tertiary/aromatic N) is 2. The van der Waals surface area contributed by atoms with Crippen LogP contribution in [0.2, 0.25) is 0 Å². The minimum absolute atomic E-state index is 0.0252. The molecular formula is C33H41F2N5O5S. The van der Waals surface area contributed by atoms with Gasteiger partial charge in [0.25, 0.3) is 5.91 Å². The third-order valence-corrected chi connectivity index (χ3v) is 11.5. The van der Waals surface area contributed by atoms with Crippen LogP contribution in [0.1, 0.15) is 55.6 Å². The van der Waals surface area contributed by atoms with E-state index in [0.29, 0.717) is 74.1 Å². The number of aromatic nitrogens is 1. The van der Waals surface area contributed by atoms with Crippen LogP contribution in [-0.2, 0) is 26.0 Å². The predicted octanol–water partition coefficient (Wildman–Crippen LogP) is 3.86. The minimum atomic E-state index is -3.84. The largest absolute Gasteiger partial charge is 0.382 e. The number of halogens is 2. The molecule has 3 aliphatic rings. The fraction of sp³-hybridized carbons (Fsp3) is 0.515. The molecule has 2 aliphatic heterocycles. The van der Waals surface area contributed by atoms with Crippen LogP contribution in [0.3, 0.4) is 0 Å². The molecule has 10 nitrogen and oxygen atoms in total. The van der Waals surface area contributed by atoms with E-state index < -0.39 is 33.0 Å². The second kappa shape index (κ2) is 12.6. The molecule has 0 unspecified atom stereocenters. The molecule has 0 bridgehead atoms. The number of carbonyl (C=O) groups excluding carboxylic acids is 2. The molecule has 3 aromatic rings. The molecule has 248 valence electrons. The standard InChI is InChI=1S/C33H41F2N5O5S/c1-33(2)18-28-29(24-8-5-22(34)17-27(24)40(28)46(43,44)19-33)21-15-25(35)30(31(36)41)26(16-21)38-23-6-3-20(4-7-23)32(42)37-9-10-39-11-13-45-14-12-39/h5,8,15-17,20,23,38H,3-4,6-7,9-14,18-19H2,1-2H3,(H2,36,41)(H,37,42)/t20-,23-. The summed E-state index contributed by atoms with van der Waals surface area (Å²) in [5.74, 6) is -2.59. The number of amides is 2. The first-order valence-electron chi connectivity index (χ1n) is 15.9. The lowest BCUT2D eigenvalue weighted by Crippen LogP contribution is -2.43. The number of fused-ring (bicyclic) bond motifs is 3. The Hall–Kier alpha value is -3.55. The van der Waals surface area contributed by atoms with Gasteiger partial charge in [-0.15, -0.1) is 0 Å². The highest BCUT2D eigenvalue weighted by Crippen LogP contribution is 2.44. The molecule has 13 heteroatoms. The Morgan fingerprint density at radius 1 is 1.07 bits per heavy atom. The summed E-state index contributed by atoms with van der Waals surface area (Å²) in [6, 6.07) is 6.62. The van der Waals surface area contributed by atoms with E-state index in [2.05, 4.69) is 15.5 Å². The van der Waals surface area contributed by atoms with Gasteiger partial charge < -0.3 is 21.1 Å². The second-order valence-electron chi connectivity index (χ2n) is 13.5. The lowest BCUT2D eigenvalue weighted by atomic mass is 9.85. The number of rotatable bonds is 8. The topological polar surface area (TPSA) is 136 Å². The van der Waals surface area contributed by atoms with Crippen molar-refractivity contribution < 1.29 is 31.5 Å². The Balaban J connectivity index is 1.25. The smallest absolute Gasteiger partial charge is 0.253 e. The van der Waals surface area contributed by atoms with Gasteiger partial charge in [0, 0.05) is 54.8 Å². The molecule has 1 saturated carbocycles. The van der Waals surface area contributed by atoms with Gasteiger partial charge in [-0.1, -0.05) is 13.8 Å². The average Bonchev–Trinajstić information content (AvgIpc) is 3.30. The maximum Gasteiger partial charge on any atom is 0.253 e. The summed E-state index contributed by atoms with van der Waals surface area (Å²) >= 11 is 0.